The molecule has 5 nitrogen and oxygen atoms in total. The number of hydrogen-bond acceptors (Lipinski definition) is 4. The maximum absolute atomic E-state index is 13.2. The van der Waals surface area contributed by atoms with Gasteiger partial charge in [0.2, 0.25) is 5.91 Å². The standard InChI is InChI=1S/C24H21F3N4OS/c25-24(26,27)19-8-10-21-28-29-23(31(21)14-19)18-6-3-11-30(13-18)22(32)15-33-20-9-7-16-4-1-2-5-17(16)12-20/h1-2,4-5,7-10,12,14,18H,3,6,11,13,15H2. The van der Waals surface area contributed by atoms with E-state index in [0.29, 0.717) is 30.3 Å². The summed E-state index contributed by atoms with van der Waals surface area (Å²) in [6.07, 6.45) is -1.88. The molecular weight excluding hydrogens is 449 g/mol. The topological polar surface area (TPSA) is 50.5 Å². The third kappa shape index (κ3) is 4.55. The molecule has 0 bridgehead atoms. The van der Waals surface area contributed by atoms with Crippen LogP contribution >= 0.6 is 11.8 Å². The third-order valence-electron chi connectivity index (χ3n) is 5.98. The van der Waals surface area contributed by atoms with Crippen LogP contribution in [-0.4, -0.2) is 44.2 Å². The zero-order chi connectivity index (χ0) is 23.0. The number of likely N-dealkylation sites (tertiary alicyclic amines) is 1. The summed E-state index contributed by atoms with van der Waals surface area (Å²) in [7, 11) is 0. The highest BCUT2D eigenvalue weighted by atomic mass is 32.2. The van der Waals surface area contributed by atoms with Crippen molar-refractivity contribution < 1.29 is 18.0 Å². The van der Waals surface area contributed by atoms with Crippen LogP contribution in [0, 0.1) is 0 Å². The van der Waals surface area contributed by atoms with Gasteiger partial charge in [0.1, 0.15) is 5.82 Å². The van der Waals surface area contributed by atoms with Crippen molar-refractivity contribution in [1.29, 1.82) is 0 Å². The number of aromatic nitrogens is 3. The minimum Gasteiger partial charge on any atom is -0.341 e. The van der Waals surface area contributed by atoms with Crippen LogP contribution in [0.4, 0.5) is 13.2 Å². The molecule has 1 unspecified atom stereocenters. The maximum Gasteiger partial charge on any atom is 0.417 e. The Morgan fingerprint density at radius 3 is 2.70 bits per heavy atom. The van der Waals surface area contributed by atoms with Gasteiger partial charge in [-0.05, 0) is 47.9 Å². The number of hydrogen-bond donors (Lipinski definition) is 0. The van der Waals surface area contributed by atoms with E-state index in [0.717, 1.165) is 40.8 Å². The quantitative estimate of drug-likeness (QED) is 0.375. The molecular formula is C24H21F3N4OS. The Hall–Kier alpha value is -3.07. The molecule has 0 saturated carbocycles. The fraction of sp³-hybridized carbons (Fsp3) is 0.292. The van der Waals surface area contributed by atoms with Gasteiger partial charge in [-0.1, -0.05) is 30.3 Å². The molecule has 1 fully saturated rings. The van der Waals surface area contributed by atoms with E-state index in [4.69, 9.17) is 0 Å². The molecule has 1 atom stereocenters. The second kappa shape index (κ2) is 8.70. The Bertz CT molecular complexity index is 1320. The van der Waals surface area contributed by atoms with E-state index >= 15 is 0 Å². The number of nitrogens with zero attached hydrogens (tertiary/aromatic N) is 4. The zero-order valence-corrected chi connectivity index (χ0v) is 18.4. The molecule has 170 valence electrons. The molecule has 0 aliphatic carbocycles. The van der Waals surface area contributed by atoms with Gasteiger partial charge in [0.25, 0.3) is 0 Å². The van der Waals surface area contributed by atoms with Crippen LogP contribution in [0.15, 0.2) is 65.7 Å². The van der Waals surface area contributed by atoms with E-state index in [-0.39, 0.29) is 11.8 Å². The first-order valence-corrected chi connectivity index (χ1v) is 11.7. The van der Waals surface area contributed by atoms with E-state index in [1.165, 1.54) is 22.2 Å². The van der Waals surface area contributed by atoms with Crippen LogP contribution in [0.1, 0.15) is 30.1 Å². The van der Waals surface area contributed by atoms with E-state index in [1.807, 2.05) is 30.3 Å². The highest BCUT2D eigenvalue weighted by Crippen LogP contribution is 2.32. The fourth-order valence-corrected chi connectivity index (χ4v) is 5.11. The SMILES string of the molecule is O=C(CSc1ccc2ccccc2c1)N1CCCC(c2nnc3ccc(C(F)(F)F)cn23)C1. The summed E-state index contributed by atoms with van der Waals surface area (Å²) in [5, 5.41) is 10.5. The van der Waals surface area contributed by atoms with Crippen LogP contribution in [0.2, 0.25) is 0 Å². The van der Waals surface area contributed by atoms with Crippen LogP contribution in [0.25, 0.3) is 16.4 Å². The fourth-order valence-electron chi connectivity index (χ4n) is 4.26. The minimum atomic E-state index is -4.44. The first-order chi connectivity index (χ1) is 15.9. The van der Waals surface area contributed by atoms with Gasteiger partial charge in [0.15, 0.2) is 5.65 Å². The lowest BCUT2D eigenvalue weighted by atomic mass is 9.97. The maximum atomic E-state index is 13.2. The van der Waals surface area contributed by atoms with Crippen molar-refractivity contribution in [3.05, 3.63) is 72.2 Å². The van der Waals surface area contributed by atoms with Gasteiger partial charge in [-0.15, -0.1) is 22.0 Å². The molecule has 0 N–H and O–H groups in total. The van der Waals surface area contributed by atoms with Crippen molar-refractivity contribution in [3.8, 4) is 0 Å². The van der Waals surface area contributed by atoms with Crippen molar-refractivity contribution in [2.45, 2.75) is 29.8 Å². The van der Waals surface area contributed by atoms with Gasteiger partial charge in [0, 0.05) is 30.1 Å². The molecule has 9 heteroatoms. The predicted octanol–water partition coefficient (Wildman–Crippen LogP) is 5.40. The van der Waals surface area contributed by atoms with Crippen molar-refractivity contribution in [1.82, 2.24) is 19.5 Å². The number of alkyl halides is 3. The van der Waals surface area contributed by atoms with E-state index < -0.39 is 11.7 Å². The predicted molar refractivity (Wildman–Crippen MR) is 121 cm³/mol. The summed E-state index contributed by atoms with van der Waals surface area (Å²) in [4.78, 5) is 15.7. The molecule has 2 aromatic carbocycles. The number of thioether (sulfide) groups is 1. The van der Waals surface area contributed by atoms with Gasteiger partial charge in [0.05, 0.1) is 11.3 Å². The molecule has 0 spiro atoms. The molecule has 3 heterocycles. The lowest BCUT2D eigenvalue weighted by molar-refractivity contribution is -0.137. The molecule has 1 aliphatic rings. The molecule has 1 saturated heterocycles. The summed E-state index contributed by atoms with van der Waals surface area (Å²) < 4.78 is 40.9. The zero-order valence-electron chi connectivity index (χ0n) is 17.6. The van der Waals surface area contributed by atoms with Gasteiger partial charge in [-0.3, -0.25) is 9.20 Å². The first-order valence-electron chi connectivity index (χ1n) is 10.7. The van der Waals surface area contributed by atoms with Crippen LogP contribution in [0.3, 0.4) is 0 Å². The van der Waals surface area contributed by atoms with E-state index in [2.05, 4.69) is 22.3 Å². The molecule has 0 radical (unpaired) electrons. The highest BCUT2D eigenvalue weighted by Gasteiger charge is 2.32. The van der Waals surface area contributed by atoms with Gasteiger partial charge < -0.3 is 4.90 Å². The Labute approximate surface area is 192 Å². The van der Waals surface area contributed by atoms with Crippen LogP contribution in [0.5, 0.6) is 0 Å². The lowest BCUT2D eigenvalue weighted by Crippen LogP contribution is -2.40. The van der Waals surface area contributed by atoms with Gasteiger partial charge in [-0.25, -0.2) is 0 Å². The molecule has 5 rings (SSSR count). The normalized spacial score (nSPS) is 17.1. The summed E-state index contributed by atoms with van der Waals surface area (Å²) in [5.74, 6) is 0.634. The second-order valence-corrected chi connectivity index (χ2v) is 9.23. The second-order valence-electron chi connectivity index (χ2n) is 8.18. The van der Waals surface area contributed by atoms with Gasteiger partial charge >= 0.3 is 6.18 Å². The summed E-state index contributed by atoms with van der Waals surface area (Å²) in [6.45, 7) is 1.06. The smallest absolute Gasteiger partial charge is 0.341 e. The molecule has 4 aromatic rings. The number of piperidine rings is 1. The summed E-state index contributed by atoms with van der Waals surface area (Å²) in [5.41, 5.74) is -0.375. The van der Waals surface area contributed by atoms with E-state index in [9.17, 15) is 18.0 Å². The molecule has 33 heavy (non-hydrogen) atoms. The van der Waals surface area contributed by atoms with E-state index in [1.54, 1.807) is 4.90 Å². The average molecular weight is 471 g/mol. The molecule has 1 amide bonds. The third-order valence-corrected chi connectivity index (χ3v) is 6.96. The van der Waals surface area contributed by atoms with Crippen molar-refractivity contribution >= 4 is 34.1 Å². The molecule has 1 aliphatic heterocycles. The Morgan fingerprint density at radius 1 is 1.06 bits per heavy atom. The van der Waals surface area contributed by atoms with Crippen molar-refractivity contribution in [3.63, 3.8) is 0 Å². The number of amides is 1. The number of pyridine rings is 1. The van der Waals surface area contributed by atoms with Crippen LogP contribution < -0.4 is 0 Å². The number of benzene rings is 2. The number of rotatable bonds is 4. The van der Waals surface area contributed by atoms with Crippen LogP contribution in [-0.2, 0) is 11.0 Å². The Morgan fingerprint density at radius 2 is 1.88 bits per heavy atom. The number of carbonyl (C=O) groups is 1. The Balaban J connectivity index is 1.28. The number of carbonyl (C=O) groups excluding carboxylic acids is 1. The highest BCUT2D eigenvalue weighted by molar-refractivity contribution is 8.00. The van der Waals surface area contributed by atoms with Gasteiger partial charge in [-0.2, -0.15) is 13.2 Å². The first kappa shape index (κ1) is 21.8. The van der Waals surface area contributed by atoms with Crippen molar-refractivity contribution in [2.75, 3.05) is 18.8 Å². The lowest BCUT2D eigenvalue weighted by Gasteiger charge is -2.32. The largest absolute Gasteiger partial charge is 0.417 e. The Kier molecular flexibility index (Phi) is 5.74. The summed E-state index contributed by atoms with van der Waals surface area (Å²) >= 11 is 1.49. The van der Waals surface area contributed by atoms with Crippen molar-refractivity contribution in [2.24, 2.45) is 0 Å². The number of halogens is 3. The minimum absolute atomic E-state index is 0.0164. The summed E-state index contributed by atoms with van der Waals surface area (Å²) in [6, 6.07) is 16.5. The average Bonchev–Trinajstić information content (AvgIpc) is 3.25. The monoisotopic (exact) mass is 470 g/mol. The number of fused-ring (bicyclic) bond motifs is 2. The molecule has 2 aromatic heterocycles.